The van der Waals surface area contributed by atoms with Gasteiger partial charge in [-0.05, 0) is 72.6 Å². The molecule has 0 heterocycles. The van der Waals surface area contributed by atoms with Gasteiger partial charge in [-0.15, -0.1) is 0 Å². The first-order chi connectivity index (χ1) is 13.6. The summed E-state index contributed by atoms with van der Waals surface area (Å²) in [5, 5.41) is 14.3. The maximum atomic E-state index is 12.9. The molecule has 0 aliphatic carbocycles. The zero-order valence-electron chi connectivity index (χ0n) is 15.0. The molecule has 0 fully saturated rings. The van der Waals surface area contributed by atoms with E-state index in [0.717, 1.165) is 5.56 Å². The largest absolute Gasteiger partial charge is 0.457 e. The highest BCUT2D eigenvalue weighted by Gasteiger charge is 2.03. The fraction of sp³-hybridized carbons (Fsp3) is 0.0909. The Morgan fingerprint density at radius 1 is 0.929 bits per heavy atom. The molecule has 28 heavy (non-hydrogen) atoms. The van der Waals surface area contributed by atoms with Crippen molar-refractivity contribution in [1.29, 1.82) is 5.26 Å². The molecule has 3 rings (SSSR count). The van der Waals surface area contributed by atoms with Crippen LogP contribution in [0.5, 0.6) is 11.5 Å². The van der Waals surface area contributed by atoms with Gasteiger partial charge in [-0.3, -0.25) is 0 Å². The lowest BCUT2D eigenvalue weighted by atomic mass is 10.1. The Balaban J connectivity index is 1.45. The van der Waals surface area contributed by atoms with Gasteiger partial charge < -0.3 is 15.4 Å². The molecular weight excluding hydrogens is 357 g/mol. The summed E-state index contributed by atoms with van der Waals surface area (Å²) in [6.07, 6.45) is 0.616. The van der Waals surface area contributed by atoms with E-state index in [1.807, 2.05) is 0 Å². The third kappa shape index (κ3) is 5.58. The SMILES string of the molecule is N#Cc1ccc(Oc2ccc(NC(=O)NCCc3ccc(F)cc3)cc2)cc1. The summed E-state index contributed by atoms with van der Waals surface area (Å²) < 4.78 is 18.6. The number of carbonyl (C=O) groups excluding carboxylic acids is 1. The van der Waals surface area contributed by atoms with Crippen LogP contribution in [0.3, 0.4) is 0 Å². The molecule has 0 aliphatic heterocycles. The molecule has 0 unspecified atom stereocenters. The lowest BCUT2D eigenvalue weighted by Crippen LogP contribution is -2.30. The maximum absolute atomic E-state index is 12.9. The van der Waals surface area contributed by atoms with Crippen LogP contribution < -0.4 is 15.4 Å². The molecule has 0 radical (unpaired) electrons. The lowest BCUT2D eigenvalue weighted by Gasteiger charge is -2.09. The van der Waals surface area contributed by atoms with Crippen LogP contribution in [-0.4, -0.2) is 12.6 Å². The summed E-state index contributed by atoms with van der Waals surface area (Å²) in [6, 6.07) is 21.7. The Labute approximate surface area is 162 Å². The average Bonchev–Trinajstić information content (AvgIpc) is 2.71. The third-order valence-electron chi connectivity index (χ3n) is 3.94. The minimum atomic E-state index is -0.317. The number of amides is 2. The monoisotopic (exact) mass is 375 g/mol. The van der Waals surface area contributed by atoms with Crippen molar-refractivity contribution < 1.29 is 13.9 Å². The molecule has 0 saturated heterocycles. The van der Waals surface area contributed by atoms with Crippen molar-refractivity contribution in [3.05, 3.63) is 89.7 Å². The Kier molecular flexibility index (Phi) is 6.21. The second-order valence-electron chi connectivity index (χ2n) is 6.02. The van der Waals surface area contributed by atoms with E-state index in [9.17, 15) is 9.18 Å². The first-order valence-corrected chi connectivity index (χ1v) is 8.70. The zero-order valence-corrected chi connectivity index (χ0v) is 15.0. The van der Waals surface area contributed by atoms with Gasteiger partial charge in [0.25, 0.3) is 0 Å². The number of carbonyl (C=O) groups is 1. The molecule has 0 aromatic heterocycles. The van der Waals surface area contributed by atoms with E-state index in [1.165, 1.54) is 12.1 Å². The first-order valence-electron chi connectivity index (χ1n) is 8.70. The molecule has 5 nitrogen and oxygen atoms in total. The molecule has 2 N–H and O–H groups in total. The number of nitrogens with zero attached hydrogens (tertiary/aromatic N) is 1. The van der Waals surface area contributed by atoms with Gasteiger partial charge in [0.05, 0.1) is 11.6 Å². The number of hydrogen-bond donors (Lipinski definition) is 2. The van der Waals surface area contributed by atoms with Gasteiger partial charge >= 0.3 is 6.03 Å². The third-order valence-corrected chi connectivity index (χ3v) is 3.94. The molecule has 0 saturated carbocycles. The van der Waals surface area contributed by atoms with Gasteiger partial charge in [0.15, 0.2) is 0 Å². The highest BCUT2D eigenvalue weighted by atomic mass is 19.1. The molecule has 0 atom stereocenters. The number of halogens is 1. The molecule has 3 aromatic rings. The number of rotatable bonds is 6. The van der Waals surface area contributed by atoms with Crippen molar-refractivity contribution in [2.45, 2.75) is 6.42 Å². The predicted octanol–water partition coefficient (Wildman–Crippen LogP) is 4.85. The van der Waals surface area contributed by atoms with Crippen LogP contribution in [-0.2, 0) is 6.42 Å². The van der Waals surface area contributed by atoms with E-state index in [4.69, 9.17) is 10.00 Å². The van der Waals surface area contributed by atoms with E-state index in [0.29, 0.717) is 35.7 Å². The summed E-state index contributed by atoms with van der Waals surface area (Å²) in [6.45, 7) is 0.442. The number of urea groups is 1. The van der Waals surface area contributed by atoms with Crippen LogP contribution in [0.1, 0.15) is 11.1 Å². The van der Waals surface area contributed by atoms with Gasteiger partial charge in [0.1, 0.15) is 17.3 Å². The Bertz CT molecular complexity index is 963. The van der Waals surface area contributed by atoms with Crippen LogP contribution >= 0.6 is 0 Å². The van der Waals surface area contributed by atoms with Gasteiger partial charge in [-0.2, -0.15) is 5.26 Å². The van der Waals surface area contributed by atoms with Crippen LogP contribution in [0, 0.1) is 17.1 Å². The Morgan fingerprint density at radius 3 is 2.14 bits per heavy atom. The molecule has 0 bridgehead atoms. The van der Waals surface area contributed by atoms with E-state index in [1.54, 1.807) is 60.7 Å². The van der Waals surface area contributed by atoms with E-state index < -0.39 is 0 Å². The fourth-order valence-corrected chi connectivity index (χ4v) is 2.49. The number of nitriles is 1. The van der Waals surface area contributed by atoms with Crippen LogP contribution in [0.4, 0.5) is 14.9 Å². The predicted molar refractivity (Wildman–Crippen MR) is 105 cm³/mol. The second kappa shape index (κ2) is 9.19. The number of benzene rings is 3. The number of anilines is 1. The van der Waals surface area contributed by atoms with Crippen LogP contribution in [0.25, 0.3) is 0 Å². The van der Waals surface area contributed by atoms with Crippen molar-refractivity contribution in [3.8, 4) is 17.6 Å². The van der Waals surface area contributed by atoms with E-state index >= 15 is 0 Å². The van der Waals surface area contributed by atoms with Crippen LogP contribution in [0.15, 0.2) is 72.8 Å². The topological polar surface area (TPSA) is 74.1 Å². The molecule has 140 valence electrons. The minimum absolute atomic E-state index is 0.277. The van der Waals surface area contributed by atoms with Crippen LogP contribution in [0.2, 0.25) is 0 Å². The summed E-state index contributed by atoms with van der Waals surface area (Å²) in [5.41, 5.74) is 2.15. The fourth-order valence-electron chi connectivity index (χ4n) is 2.49. The highest BCUT2D eigenvalue weighted by molar-refractivity contribution is 5.89. The Morgan fingerprint density at radius 2 is 1.54 bits per heavy atom. The van der Waals surface area contributed by atoms with Gasteiger partial charge in [-0.25, -0.2) is 9.18 Å². The molecule has 0 aliphatic rings. The maximum Gasteiger partial charge on any atom is 0.319 e. The van der Waals surface area contributed by atoms with Crippen molar-refractivity contribution >= 4 is 11.7 Å². The quantitative estimate of drug-likeness (QED) is 0.646. The van der Waals surface area contributed by atoms with E-state index in [-0.39, 0.29) is 11.8 Å². The normalized spacial score (nSPS) is 10.0. The van der Waals surface area contributed by atoms with Crippen molar-refractivity contribution in [2.24, 2.45) is 0 Å². The lowest BCUT2D eigenvalue weighted by molar-refractivity contribution is 0.252. The summed E-state index contributed by atoms with van der Waals surface area (Å²) >= 11 is 0. The van der Waals surface area contributed by atoms with Gasteiger partial charge in [0, 0.05) is 12.2 Å². The number of ether oxygens (including phenoxy) is 1. The van der Waals surface area contributed by atoms with Crippen molar-refractivity contribution in [2.75, 3.05) is 11.9 Å². The van der Waals surface area contributed by atoms with Gasteiger partial charge in [-0.1, -0.05) is 12.1 Å². The van der Waals surface area contributed by atoms with Gasteiger partial charge in [0.2, 0.25) is 0 Å². The van der Waals surface area contributed by atoms with Crippen molar-refractivity contribution in [3.63, 3.8) is 0 Å². The molecule has 3 aromatic carbocycles. The number of nitrogens with one attached hydrogen (secondary N) is 2. The molecular formula is C22H18FN3O2. The average molecular weight is 375 g/mol. The van der Waals surface area contributed by atoms with E-state index in [2.05, 4.69) is 16.7 Å². The highest BCUT2D eigenvalue weighted by Crippen LogP contribution is 2.23. The van der Waals surface area contributed by atoms with Crippen molar-refractivity contribution in [1.82, 2.24) is 5.32 Å². The minimum Gasteiger partial charge on any atom is -0.457 e. The summed E-state index contributed by atoms with van der Waals surface area (Å²) in [4.78, 5) is 12.0. The Hall–Kier alpha value is -3.85. The summed E-state index contributed by atoms with van der Waals surface area (Å²) in [7, 11) is 0. The molecule has 2 amide bonds. The second-order valence-corrected chi connectivity index (χ2v) is 6.02. The molecule has 6 heteroatoms. The standard InChI is InChI=1S/C22H18FN3O2/c23-18-5-1-16(2-6-18)13-14-25-22(27)26-19-7-11-21(12-8-19)28-20-9-3-17(15-24)4-10-20/h1-12H,13-14H2,(H2,25,26,27). The smallest absolute Gasteiger partial charge is 0.319 e. The molecule has 0 spiro atoms. The zero-order chi connectivity index (χ0) is 19.8. The summed E-state index contributed by atoms with van der Waals surface area (Å²) in [5.74, 6) is 0.964. The number of hydrogen-bond acceptors (Lipinski definition) is 3. The first kappa shape index (κ1) is 18.9.